The van der Waals surface area contributed by atoms with Crippen molar-refractivity contribution < 1.29 is 19.5 Å². The van der Waals surface area contributed by atoms with E-state index in [9.17, 15) is 14.4 Å². The van der Waals surface area contributed by atoms with Gasteiger partial charge >= 0.3 is 5.97 Å². The number of carbonyl (C=O) groups is 3. The molecule has 0 aliphatic rings. The number of carboxylic acid groups (broad SMARTS) is 1. The quantitative estimate of drug-likeness (QED) is 0.657. The van der Waals surface area contributed by atoms with Crippen molar-refractivity contribution in [2.45, 2.75) is 19.4 Å². The summed E-state index contributed by atoms with van der Waals surface area (Å²) in [7, 11) is 0. The van der Waals surface area contributed by atoms with E-state index in [4.69, 9.17) is 16.7 Å². The number of carboxylic acids is 1. The van der Waals surface area contributed by atoms with Gasteiger partial charge in [-0.1, -0.05) is 17.7 Å². The Morgan fingerprint density at radius 2 is 2.00 bits per heavy atom. The van der Waals surface area contributed by atoms with Crippen molar-refractivity contribution in [3.63, 3.8) is 0 Å². The molecule has 1 atom stereocenters. The normalized spacial score (nSPS) is 11.6. The van der Waals surface area contributed by atoms with Gasteiger partial charge in [0.2, 0.25) is 11.8 Å². The lowest BCUT2D eigenvalue weighted by Crippen LogP contribution is -2.43. The Kier molecular flexibility index (Phi) is 7.20. The van der Waals surface area contributed by atoms with E-state index in [1.54, 1.807) is 31.4 Å². The Morgan fingerprint density at radius 3 is 2.59 bits per heavy atom. The third-order valence-corrected chi connectivity index (χ3v) is 3.66. The Morgan fingerprint density at radius 1 is 1.32 bits per heavy atom. The molecule has 0 aliphatic heterocycles. The fourth-order valence-corrected chi connectivity index (χ4v) is 2.39. The number of hydrogen-bond acceptors (Lipinski definition) is 4. The molecule has 0 heterocycles. The Balaban J connectivity index is 2.59. The highest BCUT2D eigenvalue weighted by atomic mass is 35.5. The van der Waals surface area contributed by atoms with E-state index in [0.29, 0.717) is 10.7 Å². The van der Waals surface area contributed by atoms with Gasteiger partial charge in [0, 0.05) is 16.5 Å². The van der Waals surface area contributed by atoms with Gasteiger partial charge in [0.25, 0.3) is 0 Å². The molecule has 3 N–H and O–H groups in total. The van der Waals surface area contributed by atoms with Crippen LogP contribution in [-0.4, -0.2) is 40.9 Å². The van der Waals surface area contributed by atoms with Crippen LogP contribution in [0.15, 0.2) is 18.2 Å². The smallest absolute Gasteiger partial charge is 0.327 e. The number of rotatable bonds is 7. The van der Waals surface area contributed by atoms with Gasteiger partial charge in [-0.2, -0.15) is 11.8 Å². The number of benzene rings is 1. The zero-order valence-electron chi connectivity index (χ0n) is 12.2. The number of aryl methyl sites for hydroxylation is 1. The molecular formula is C14H17ClN2O4S. The molecule has 0 aromatic heterocycles. The molecule has 1 aromatic rings. The van der Waals surface area contributed by atoms with E-state index >= 15 is 0 Å². The fourth-order valence-electron chi connectivity index (χ4n) is 1.66. The molecule has 120 valence electrons. The first-order chi connectivity index (χ1) is 10.3. The summed E-state index contributed by atoms with van der Waals surface area (Å²) < 4.78 is 0. The van der Waals surface area contributed by atoms with Gasteiger partial charge in [-0.3, -0.25) is 9.59 Å². The van der Waals surface area contributed by atoms with E-state index in [1.807, 2.05) is 0 Å². The second kappa shape index (κ2) is 8.65. The largest absolute Gasteiger partial charge is 0.480 e. The van der Waals surface area contributed by atoms with Crippen LogP contribution in [0, 0.1) is 6.92 Å². The predicted molar refractivity (Wildman–Crippen MR) is 87.4 cm³/mol. The molecule has 1 rings (SSSR count). The van der Waals surface area contributed by atoms with Crippen LogP contribution in [0.2, 0.25) is 5.02 Å². The molecule has 0 fully saturated rings. The minimum Gasteiger partial charge on any atom is -0.480 e. The highest BCUT2D eigenvalue weighted by molar-refractivity contribution is 7.98. The first-order valence-electron chi connectivity index (χ1n) is 6.40. The molecule has 0 saturated carbocycles. The van der Waals surface area contributed by atoms with Crippen LogP contribution in [0.25, 0.3) is 0 Å². The summed E-state index contributed by atoms with van der Waals surface area (Å²) in [5.74, 6) is -2.07. The number of nitrogens with one attached hydrogen (secondary N) is 2. The van der Waals surface area contributed by atoms with Crippen LogP contribution in [-0.2, 0) is 14.4 Å². The standard InChI is InChI=1S/C14H17ClN2O4S/c1-8-3-4-9(15)5-10(8)16-12(18)6-13(19)17-11(7-22-2)14(20)21/h3-5,11H,6-7H2,1-2H3,(H,16,18)(H,17,19)(H,20,21)/t11-/m0/s1. The summed E-state index contributed by atoms with van der Waals surface area (Å²) >= 11 is 7.14. The number of aliphatic carboxylic acids is 1. The summed E-state index contributed by atoms with van der Waals surface area (Å²) in [6, 6.07) is 4.01. The lowest BCUT2D eigenvalue weighted by atomic mass is 10.2. The SMILES string of the molecule is CSC[C@H](NC(=O)CC(=O)Nc1cc(Cl)ccc1C)C(=O)O. The van der Waals surface area contributed by atoms with E-state index in [-0.39, 0.29) is 5.75 Å². The molecule has 0 unspecified atom stereocenters. The monoisotopic (exact) mass is 344 g/mol. The van der Waals surface area contributed by atoms with E-state index in [0.717, 1.165) is 5.56 Å². The van der Waals surface area contributed by atoms with Crippen molar-refractivity contribution in [3.05, 3.63) is 28.8 Å². The predicted octanol–water partition coefficient (Wildman–Crippen LogP) is 1.91. The number of thioether (sulfide) groups is 1. The minimum absolute atomic E-state index is 0.232. The van der Waals surface area contributed by atoms with Crippen molar-refractivity contribution >= 4 is 46.8 Å². The maximum atomic E-state index is 11.8. The van der Waals surface area contributed by atoms with Crippen LogP contribution in [0.1, 0.15) is 12.0 Å². The van der Waals surface area contributed by atoms with Gasteiger partial charge < -0.3 is 15.7 Å². The minimum atomic E-state index is -1.13. The molecular weight excluding hydrogens is 328 g/mol. The van der Waals surface area contributed by atoms with Crippen molar-refractivity contribution in [1.82, 2.24) is 5.32 Å². The third kappa shape index (κ3) is 5.95. The van der Waals surface area contributed by atoms with Gasteiger partial charge in [-0.15, -0.1) is 0 Å². The van der Waals surface area contributed by atoms with Gasteiger partial charge in [0.05, 0.1) is 0 Å². The number of hydrogen-bond donors (Lipinski definition) is 3. The highest BCUT2D eigenvalue weighted by Crippen LogP contribution is 2.20. The zero-order valence-corrected chi connectivity index (χ0v) is 13.8. The molecule has 0 radical (unpaired) electrons. The zero-order chi connectivity index (χ0) is 16.7. The summed E-state index contributed by atoms with van der Waals surface area (Å²) in [6.07, 6.45) is 1.28. The van der Waals surface area contributed by atoms with Crippen LogP contribution in [0.3, 0.4) is 0 Å². The fraction of sp³-hybridized carbons (Fsp3) is 0.357. The second-order valence-corrected chi connectivity index (χ2v) is 5.94. The maximum Gasteiger partial charge on any atom is 0.327 e. The molecule has 1 aromatic carbocycles. The van der Waals surface area contributed by atoms with Crippen molar-refractivity contribution in [2.75, 3.05) is 17.3 Å². The van der Waals surface area contributed by atoms with Crippen molar-refractivity contribution in [1.29, 1.82) is 0 Å². The topological polar surface area (TPSA) is 95.5 Å². The van der Waals surface area contributed by atoms with Gasteiger partial charge in [-0.05, 0) is 30.9 Å². The van der Waals surface area contributed by atoms with Crippen molar-refractivity contribution in [3.8, 4) is 0 Å². The molecule has 2 amide bonds. The van der Waals surface area contributed by atoms with Gasteiger partial charge in [0.15, 0.2) is 0 Å². The second-order valence-electron chi connectivity index (χ2n) is 4.60. The number of amides is 2. The highest BCUT2D eigenvalue weighted by Gasteiger charge is 2.20. The van der Waals surface area contributed by atoms with E-state index in [1.165, 1.54) is 11.8 Å². The Hall–Kier alpha value is -1.73. The lowest BCUT2D eigenvalue weighted by Gasteiger charge is -2.13. The Labute approximate surface area is 137 Å². The summed E-state index contributed by atoms with van der Waals surface area (Å²) in [5.41, 5.74) is 1.33. The number of carbonyl (C=O) groups excluding carboxylic acids is 2. The third-order valence-electron chi connectivity index (χ3n) is 2.76. The van der Waals surface area contributed by atoms with E-state index < -0.39 is 30.2 Å². The van der Waals surface area contributed by atoms with Crippen molar-refractivity contribution in [2.24, 2.45) is 0 Å². The lowest BCUT2D eigenvalue weighted by molar-refractivity contribution is -0.141. The molecule has 22 heavy (non-hydrogen) atoms. The van der Waals surface area contributed by atoms with Gasteiger partial charge in [0.1, 0.15) is 12.5 Å². The summed E-state index contributed by atoms with van der Waals surface area (Å²) in [5, 5.41) is 14.3. The van der Waals surface area contributed by atoms with Gasteiger partial charge in [-0.25, -0.2) is 4.79 Å². The van der Waals surface area contributed by atoms with E-state index in [2.05, 4.69) is 10.6 Å². The summed E-state index contributed by atoms with van der Waals surface area (Å²) in [6.45, 7) is 1.80. The molecule has 0 saturated heterocycles. The first-order valence-corrected chi connectivity index (χ1v) is 8.17. The maximum absolute atomic E-state index is 11.8. The average Bonchev–Trinajstić information content (AvgIpc) is 2.42. The van der Waals surface area contributed by atoms with Crippen LogP contribution >= 0.6 is 23.4 Å². The molecule has 0 spiro atoms. The van der Waals surface area contributed by atoms with Crippen LogP contribution in [0.4, 0.5) is 5.69 Å². The molecule has 8 heteroatoms. The van der Waals surface area contributed by atoms with Crippen LogP contribution in [0.5, 0.6) is 0 Å². The number of halogens is 1. The summed E-state index contributed by atoms with van der Waals surface area (Å²) in [4.78, 5) is 34.5. The Bertz CT molecular complexity index is 580. The number of anilines is 1. The average molecular weight is 345 g/mol. The molecule has 0 bridgehead atoms. The molecule has 0 aliphatic carbocycles. The van der Waals surface area contributed by atoms with Crippen LogP contribution < -0.4 is 10.6 Å². The first kappa shape index (κ1) is 18.3. The molecule has 6 nitrogen and oxygen atoms in total.